The molecule has 0 radical (unpaired) electrons. The van der Waals surface area contributed by atoms with Crippen LogP contribution in [0.15, 0.2) is 97.1 Å². The second-order valence-corrected chi connectivity index (χ2v) is 9.62. The Balaban J connectivity index is 1.87. The highest BCUT2D eigenvalue weighted by Gasteiger charge is 2.35. The lowest BCUT2D eigenvalue weighted by Gasteiger charge is -2.30. The van der Waals surface area contributed by atoms with Crippen LogP contribution in [0.5, 0.6) is 11.5 Å². The van der Waals surface area contributed by atoms with Crippen LogP contribution in [0.2, 0.25) is 0 Å². The standard InChI is InChI=1S/C33H26O5/c1-18(2)32(35)37-28-17-27(31(38-33(36)19(3)4)25-13-9-6-10-21(25)28)29-22-11-7-8-12-24(22)30(34)26-16-20(5)14-15-23(26)29/h6-17,29H,1,3H2,2,4-5H3. The molecule has 0 fully saturated rings. The quantitative estimate of drug-likeness (QED) is 0.150. The van der Waals surface area contributed by atoms with E-state index in [1.807, 2.05) is 61.5 Å². The molecule has 0 bridgehead atoms. The van der Waals surface area contributed by atoms with E-state index in [9.17, 15) is 14.4 Å². The summed E-state index contributed by atoms with van der Waals surface area (Å²) in [5.74, 6) is -1.05. The van der Waals surface area contributed by atoms with Crippen molar-refractivity contribution < 1.29 is 23.9 Å². The fraction of sp³-hybridized carbons (Fsp3) is 0.121. The van der Waals surface area contributed by atoms with Crippen molar-refractivity contribution >= 4 is 28.5 Å². The molecule has 5 heteroatoms. The predicted molar refractivity (Wildman–Crippen MR) is 147 cm³/mol. The van der Waals surface area contributed by atoms with Crippen molar-refractivity contribution in [3.8, 4) is 11.5 Å². The fourth-order valence-electron chi connectivity index (χ4n) is 4.84. The molecule has 1 aliphatic carbocycles. The van der Waals surface area contributed by atoms with E-state index in [1.165, 1.54) is 0 Å². The second kappa shape index (κ2) is 9.60. The van der Waals surface area contributed by atoms with Gasteiger partial charge in [-0.15, -0.1) is 0 Å². The second-order valence-electron chi connectivity index (χ2n) is 9.62. The number of esters is 2. The fourth-order valence-corrected chi connectivity index (χ4v) is 4.84. The van der Waals surface area contributed by atoms with Crippen LogP contribution >= 0.6 is 0 Å². The molecule has 0 N–H and O–H groups in total. The molecule has 0 aromatic heterocycles. The number of rotatable bonds is 5. The Morgan fingerprint density at radius 1 is 0.711 bits per heavy atom. The van der Waals surface area contributed by atoms with Gasteiger partial charge in [-0.05, 0) is 44.0 Å². The van der Waals surface area contributed by atoms with Gasteiger partial charge in [0.15, 0.2) is 5.78 Å². The van der Waals surface area contributed by atoms with Gasteiger partial charge in [0.2, 0.25) is 0 Å². The topological polar surface area (TPSA) is 69.7 Å². The predicted octanol–water partition coefficient (Wildman–Crippen LogP) is 6.84. The van der Waals surface area contributed by atoms with Crippen LogP contribution in [0.1, 0.15) is 57.9 Å². The lowest BCUT2D eigenvalue weighted by molar-refractivity contribution is -0.131. The number of hydrogen-bond donors (Lipinski definition) is 0. The first-order valence-electron chi connectivity index (χ1n) is 12.2. The number of carbonyl (C=O) groups excluding carboxylic acids is 3. The van der Waals surface area contributed by atoms with Crippen molar-refractivity contribution in [2.75, 3.05) is 0 Å². The van der Waals surface area contributed by atoms with E-state index in [0.29, 0.717) is 39.0 Å². The SMILES string of the molecule is C=C(C)C(=O)Oc1cc(C2c3ccccc3C(=O)c3cc(C)ccc32)c(OC(=O)C(=C)C)c2ccccc12. The van der Waals surface area contributed by atoms with Gasteiger partial charge in [0, 0.05) is 44.5 Å². The molecular formula is C33H26O5. The summed E-state index contributed by atoms with van der Waals surface area (Å²) in [7, 11) is 0. The molecule has 1 atom stereocenters. The minimum Gasteiger partial charge on any atom is -0.423 e. The maximum Gasteiger partial charge on any atom is 0.338 e. The van der Waals surface area contributed by atoms with Gasteiger partial charge in [-0.2, -0.15) is 0 Å². The average Bonchev–Trinajstić information content (AvgIpc) is 2.90. The number of ketones is 1. The summed E-state index contributed by atoms with van der Waals surface area (Å²) in [6, 6.07) is 22.2. The van der Waals surface area contributed by atoms with E-state index in [2.05, 4.69) is 13.2 Å². The van der Waals surface area contributed by atoms with Crippen molar-refractivity contribution in [2.45, 2.75) is 26.7 Å². The molecule has 0 spiro atoms. The molecule has 0 saturated heterocycles. The van der Waals surface area contributed by atoms with Crippen LogP contribution in [-0.2, 0) is 9.59 Å². The molecule has 4 aromatic carbocycles. The van der Waals surface area contributed by atoms with Crippen molar-refractivity contribution in [3.05, 3.63) is 130 Å². The Kier molecular flexibility index (Phi) is 6.29. The summed E-state index contributed by atoms with van der Waals surface area (Å²) in [6.45, 7) is 12.5. The molecule has 38 heavy (non-hydrogen) atoms. The number of hydrogen-bond acceptors (Lipinski definition) is 5. The van der Waals surface area contributed by atoms with Crippen molar-refractivity contribution in [3.63, 3.8) is 0 Å². The van der Waals surface area contributed by atoms with Crippen LogP contribution in [0.3, 0.4) is 0 Å². The number of aryl methyl sites for hydroxylation is 1. The Bertz CT molecular complexity index is 1690. The van der Waals surface area contributed by atoms with E-state index < -0.39 is 17.9 Å². The highest BCUT2D eigenvalue weighted by atomic mass is 16.5. The van der Waals surface area contributed by atoms with Gasteiger partial charge < -0.3 is 9.47 Å². The molecule has 0 amide bonds. The van der Waals surface area contributed by atoms with E-state index in [0.717, 1.165) is 16.7 Å². The third kappa shape index (κ3) is 4.22. The summed E-state index contributed by atoms with van der Waals surface area (Å²) in [5, 5.41) is 1.19. The largest absolute Gasteiger partial charge is 0.423 e. The highest BCUT2D eigenvalue weighted by molar-refractivity contribution is 6.13. The average molecular weight is 503 g/mol. The normalized spacial score (nSPS) is 13.9. The van der Waals surface area contributed by atoms with Gasteiger partial charge in [-0.25, -0.2) is 9.59 Å². The summed E-state index contributed by atoms with van der Waals surface area (Å²) >= 11 is 0. The number of benzene rings is 4. The van der Waals surface area contributed by atoms with Crippen LogP contribution in [0, 0.1) is 6.92 Å². The lowest BCUT2D eigenvalue weighted by Crippen LogP contribution is -2.22. The van der Waals surface area contributed by atoms with Crippen molar-refractivity contribution in [1.29, 1.82) is 0 Å². The molecule has 5 rings (SSSR count). The number of fused-ring (bicyclic) bond motifs is 3. The van der Waals surface area contributed by atoms with Crippen molar-refractivity contribution in [1.82, 2.24) is 0 Å². The van der Waals surface area contributed by atoms with Gasteiger partial charge in [-0.3, -0.25) is 4.79 Å². The molecule has 5 nitrogen and oxygen atoms in total. The monoisotopic (exact) mass is 502 g/mol. The zero-order chi connectivity index (χ0) is 27.1. The minimum atomic E-state index is -0.576. The van der Waals surface area contributed by atoms with Gasteiger partial charge in [-0.1, -0.05) is 79.4 Å². The highest BCUT2D eigenvalue weighted by Crippen LogP contribution is 2.48. The maximum absolute atomic E-state index is 13.5. The molecule has 188 valence electrons. The smallest absolute Gasteiger partial charge is 0.338 e. The Morgan fingerprint density at radius 2 is 1.32 bits per heavy atom. The first-order chi connectivity index (χ1) is 18.2. The van der Waals surface area contributed by atoms with Crippen molar-refractivity contribution in [2.24, 2.45) is 0 Å². The third-order valence-corrected chi connectivity index (χ3v) is 6.67. The Hall–Kier alpha value is -4.77. The number of ether oxygens (including phenoxy) is 2. The minimum absolute atomic E-state index is 0.0641. The molecule has 1 aliphatic rings. The molecule has 1 unspecified atom stereocenters. The molecule has 0 aliphatic heterocycles. The van der Waals surface area contributed by atoms with Gasteiger partial charge >= 0.3 is 11.9 Å². The summed E-state index contributed by atoms with van der Waals surface area (Å²) in [6.07, 6.45) is 0. The number of carbonyl (C=O) groups is 3. The summed E-state index contributed by atoms with van der Waals surface area (Å²) in [4.78, 5) is 39.0. The van der Waals surface area contributed by atoms with Crippen LogP contribution in [0.4, 0.5) is 0 Å². The maximum atomic E-state index is 13.5. The third-order valence-electron chi connectivity index (χ3n) is 6.67. The van der Waals surface area contributed by atoms with E-state index in [4.69, 9.17) is 9.47 Å². The Labute approximate surface area is 221 Å². The first kappa shape index (κ1) is 24.9. The summed E-state index contributed by atoms with van der Waals surface area (Å²) < 4.78 is 11.8. The van der Waals surface area contributed by atoms with Crippen LogP contribution < -0.4 is 9.47 Å². The van der Waals surface area contributed by atoms with Crippen LogP contribution in [-0.4, -0.2) is 17.7 Å². The van der Waals surface area contributed by atoms with Gasteiger partial charge in [0.1, 0.15) is 11.5 Å². The van der Waals surface area contributed by atoms with E-state index >= 15 is 0 Å². The van der Waals surface area contributed by atoms with Gasteiger partial charge in [0.05, 0.1) is 0 Å². The Morgan fingerprint density at radius 3 is 2.03 bits per heavy atom. The lowest BCUT2D eigenvalue weighted by atomic mass is 9.73. The molecule has 0 saturated carbocycles. The zero-order valence-corrected chi connectivity index (χ0v) is 21.5. The first-order valence-corrected chi connectivity index (χ1v) is 12.2. The van der Waals surface area contributed by atoms with E-state index in [1.54, 1.807) is 32.0 Å². The van der Waals surface area contributed by atoms with Gasteiger partial charge in [0.25, 0.3) is 0 Å². The molecular weight excluding hydrogens is 476 g/mol. The van der Waals surface area contributed by atoms with E-state index in [-0.39, 0.29) is 16.9 Å². The molecule has 4 aromatic rings. The molecule has 0 heterocycles. The summed E-state index contributed by atoms with van der Waals surface area (Å²) in [5.41, 5.74) is 4.75. The zero-order valence-electron chi connectivity index (χ0n) is 21.5. The van der Waals surface area contributed by atoms with Crippen LogP contribution in [0.25, 0.3) is 10.8 Å².